The van der Waals surface area contributed by atoms with Gasteiger partial charge in [0.2, 0.25) is 0 Å². The molecule has 20 heavy (non-hydrogen) atoms. The predicted octanol–water partition coefficient (Wildman–Crippen LogP) is 4.60. The summed E-state index contributed by atoms with van der Waals surface area (Å²) in [6, 6.07) is 19.8. The van der Waals surface area contributed by atoms with Gasteiger partial charge in [-0.3, -0.25) is 0 Å². The molecule has 2 rings (SSSR count). The van der Waals surface area contributed by atoms with E-state index in [1.54, 1.807) is 0 Å². The van der Waals surface area contributed by atoms with Gasteiger partial charge in [-0.2, -0.15) is 0 Å². The molecule has 0 aliphatic heterocycles. The van der Waals surface area contributed by atoms with E-state index < -0.39 is 0 Å². The fourth-order valence-electron chi connectivity index (χ4n) is 2.38. The molecule has 0 fully saturated rings. The first kappa shape index (κ1) is 15.3. The Bertz CT molecular complexity index is 510. The highest BCUT2D eigenvalue weighted by Crippen LogP contribution is 2.13. The van der Waals surface area contributed by atoms with Crippen molar-refractivity contribution in [1.29, 1.82) is 0 Å². The zero-order valence-corrected chi connectivity index (χ0v) is 13.6. The van der Waals surface area contributed by atoms with Crippen LogP contribution in [0.4, 0.5) is 0 Å². The molecule has 2 heteroatoms. The van der Waals surface area contributed by atoms with Crippen LogP contribution in [0.1, 0.15) is 24.5 Å². The van der Waals surface area contributed by atoms with Crippen LogP contribution in [-0.2, 0) is 12.8 Å². The second kappa shape index (κ2) is 8.23. The summed E-state index contributed by atoms with van der Waals surface area (Å²) in [4.78, 5) is 0. The average molecular weight is 332 g/mol. The minimum atomic E-state index is 0.514. The van der Waals surface area contributed by atoms with E-state index in [0.29, 0.717) is 6.04 Å². The monoisotopic (exact) mass is 331 g/mol. The van der Waals surface area contributed by atoms with Crippen LogP contribution in [-0.4, -0.2) is 12.6 Å². The molecule has 0 amide bonds. The summed E-state index contributed by atoms with van der Waals surface area (Å²) >= 11 is 3.52. The Kier molecular flexibility index (Phi) is 6.28. The van der Waals surface area contributed by atoms with E-state index in [-0.39, 0.29) is 0 Å². The van der Waals surface area contributed by atoms with E-state index in [2.05, 4.69) is 82.8 Å². The SMILES string of the molecule is CC(Cc1cccc(Br)c1)NCCCc1ccccc1. The van der Waals surface area contributed by atoms with Gasteiger partial charge in [-0.05, 0) is 56.0 Å². The van der Waals surface area contributed by atoms with Gasteiger partial charge in [0.05, 0.1) is 0 Å². The van der Waals surface area contributed by atoms with Crippen molar-refractivity contribution in [2.45, 2.75) is 32.2 Å². The van der Waals surface area contributed by atoms with Gasteiger partial charge < -0.3 is 5.32 Å². The maximum absolute atomic E-state index is 3.61. The van der Waals surface area contributed by atoms with E-state index in [4.69, 9.17) is 0 Å². The Morgan fingerprint density at radius 3 is 2.50 bits per heavy atom. The third kappa shape index (κ3) is 5.48. The third-order valence-electron chi connectivity index (χ3n) is 3.41. The summed E-state index contributed by atoms with van der Waals surface area (Å²) in [7, 11) is 0. The standard InChI is InChI=1S/C18H22BrN/c1-15(13-17-9-5-11-18(19)14-17)20-12-6-10-16-7-3-2-4-8-16/h2-5,7-9,11,14-15,20H,6,10,12-13H2,1H3. The van der Waals surface area contributed by atoms with Crippen LogP contribution in [0.3, 0.4) is 0 Å². The van der Waals surface area contributed by atoms with Crippen molar-refractivity contribution < 1.29 is 0 Å². The lowest BCUT2D eigenvalue weighted by Gasteiger charge is -2.14. The maximum Gasteiger partial charge on any atom is 0.0178 e. The lowest BCUT2D eigenvalue weighted by atomic mass is 10.1. The number of benzene rings is 2. The summed E-state index contributed by atoms with van der Waals surface area (Å²) in [5, 5.41) is 3.61. The fourth-order valence-corrected chi connectivity index (χ4v) is 2.82. The van der Waals surface area contributed by atoms with Gasteiger partial charge in [0.1, 0.15) is 0 Å². The number of hydrogen-bond donors (Lipinski definition) is 1. The molecule has 2 aromatic carbocycles. The molecular weight excluding hydrogens is 310 g/mol. The molecule has 0 bridgehead atoms. The van der Waals surface area contributed by atoms with Gasteiger partial charge in [-0.15, -0.1) is 0 Å². The Labute approximate surface area is 130 Å². The molecule has 0 heterocycles. The molecule has 0 aliphatic rings. The first-order valence-corrected chi connectivity index (χ1v) is 8.05. The minimum Gasteiger partial charge on any atom is -0.314 e. The highest BCUT2D eigenvalue weighted by molar-refractivity contribution is 9.10. The summed E-state index contributed by atoms with van der Waals surface area (Å²) in [5.41, 5.74) is 2.80. The van der Waals surface area contributed by atoms with Crippen LogP contribution in [0.2, 0.25) is 0 Å². The van der Waals surface area contributed by atoms with E-state index >= 15 is 0 Å². The quantitative estimate of drug-likeness (QED) is 0.731. The van der Waals surface area contributed by atoms with E-state index in [9.17, 15) is 0 Å². The van der Waals surface area contributed by atoms with Crippen molar-refractivity contribution >= 4 is 15.9 Å². The molecule has 106 valence electrons. The number of nitrogens with one attached hydrogen (secondary N) is 1. The molecule has 0 spiro atoms. The van der Waals surface area contributed by atoms with Crippen LogP contribution in [0.15, 0.2) is 59.1 Å². The molecule has 1 N–H and O–H groups in total. The molecular formula is C18H22BrN. The number of rotatable bonds is 7. The van der Waals surface area contributed by atoms with Gasteiger partial charge in [0.15, 0.2) is 0 Å². The highest BCUT2D eigenvalue weighted by Gasteiger charge is 2.03. The molecule has 0 aromatic heterocycles. The third-order valence-corrected chi connectivity index (χ3v) is 3.90. The average Bonchev–Trinajstić information content (AvgIpc) is 2.45. The van der Waals surface area contributed by atoms with Crippen molar-refractivity contribution in [3.63, 3.8) is 0 Å². The highest BCUT2D eigenvalue weighted by atomic mass is 79.9. The maximum atomic E-state index is 3.61. The van der Waals surface area contributed by atoms with Crippen LogP contribution < -0.4 is 5.32 Å². The first-order valence-electron chi connectivity index (χ1n) is 7.26. The van der Waals surface area contributed by atoms with Gasteiger partial charge >= 0.3 is 0 Å². The van der Waals surface area contributed by atoms with E-state index in [1.165, 1.54) is 17.5 Å². The lowest BCUT2D eigenvalue weighted by molar-refractivity contribution is 0.534. The van der Waals surface area contributed by atoms with Crippen LogP contribution in [0.25, 0.3) is 0 Å². The molecule has 0 saturated carbocycles. The summed E-state index contributed by atoms with van der Waals surface area (Å²) in [6.07, 6.45) is 3.41. The molecule has 1 nitrogen and oxygen atoms in total. The van der Waals surface area contributed by atoms with E-state index in [0.717, 1.165) is 23.9 Å². The minimum absolute atomic E-state index is 0.514. The van der Waals surface area contributed by atoms with Gasteiger partial charge in [-0.1, -0.05) is 58.4 Å². The van der Waals surface area contributed by atoms with Crippen LogP contribution in [0.5, 0.6) is 0 Å². The Balaban J connectivity index is 1.66. The van der Waals surface area contributed by atoms with Crippen molar-refractivity contribution in [2.75, 3.05) is 6.54 Å². The van der Waals surface area contributed by atoms with Crippen molar-refractivity contribution in [3.8, 4) is 0 Å². The van der Waals surface area contributed by atoms with Crippen molar-refractivity contribution in [1.82, 2.24) is 5.32 Å². The van der Waals surface area contributed by atoms with Gasteiger partial charge in [0.25, 0.3) is 0 Å². The van der Waals surface area contributed by atoms with Crippen LogP contribution in [0, 0.1) is 0 Å². The zero-order valence-electron chi connectivity index (χ0n) is 12.0. The smallest absolute Gasteiger partial charge is 0.0178 e. The summed E-state index contributed by atoms with van der Waals surface area (Å²) in [5.74, 6) is 0. The summed E-state index contributed by atoms with van der Waals surface area (Å²) < 4.78 is 1.16. The van der Waals surface area contributed by atoms with Crippen LogP contribution >= 0.6 is 15.9 Å². The van der Waals surface area contributed by atoms with E-state index in [1.807, 2.05) is 0 Å². The topological polar surface area (TPSA) is 12.0 Å². The number of halogens is 1. The molecule has 2 aromatic rings. The normalized spacial score (nSPS) is 12.3. The molecule has 1 unspecified atom stereocenters. The fraction of sp³-hybridized carbons (Fsp3) is 0.333. The van der Waals surface area contributed by atoms with Crippen molar-refractivity contribution in [2.24, 2.45) is 0 Å². The number of hydrogen-bond acceptors (Lipinski definition) is 1. The van der Waals surface area contributed by atoms with Crippen molar-refractivity contribution in [3.05, 3.63) is 70.2 Å². The number of aryl methyl sites for hydroxylation is 1. The molecule has 0 aliphatic carbocycles. The second-order valence-electron chi connectivity index (χ2n) is 5.28. The predicted molar refractivity (Wildman–Crippen MR) is 90.1 cm³/mol. The Morgan fingerprint density at radius 1 is 1.00 bits per heavy atom. The lowest BCUT2D eigenvalue weighted by Crippen LogP contribution is -2.29. The summed E-state index contributed by atoms with van der Waals surface area (Å²) in [6.45, 7) is 3.33. The Hall–Kier alpha value is -1.12. The molecule has 0 saturated heterocycles. The van der Waals surface area contributed by atoms with Gasteiger partial charge in [-0.25, -0.2) is 0 Å². The molecule has 1 atom stereocenters. The second-order valence-corrected chi connectivity index (χ2v) is 6.19. The first-order chi connectivity index (χ1) is 9.74. The zero-order chi connectivity index (χ0) is 14.2. The Morgan fingerprint density at radius 2 is 1.75 bits per heavy atom. The molecule has 0 radical (unpaired) electrons. The van der Waals surface area contributed by atoms with Gasteiger partial charge in [0, 0.05) is 10.5 Å². The largest absolute Gasteiger partial charge is 0.314 e.